The number of aliphatic hydroxyl groups excluding tert-OH is 1. The van der Waals surface area contributed by atoms with Crippen LogP contribution in [0.1, 0.15) is 37.4 Å². The molecule has 1 rings (SSSR count). The van der Waals surface area contributed by atoms with Gasteiger partial charge in [-0.05, 0) is 37.8 Å². The summed E-state index contributed by atoms with van der Waals surface area (Å²) in [7, 11) is 0. The van der Waals surface area contributed by atoms with Crippen molar-refractivity contribution in [1.82, 2.24) is 4.98 Å². The summed E-state index contributed by atoms with van der Waals surface area (Å²) in [6.07, 6.45) is 5.47. The standard InChI is InChI=1S/C12H19NO/c1-3-4-12(14)8-7-11-6-5-10(2)13-9-11/h5-6,9,12,14H,3-4,7-8H2,1-2H3. The molecule has 0 aliphatic heterocycles. The predicted octanol–water partition coefficient (Wildman–Crippen LogP) is 2.48. The summed E-state index contributed by atoms with van der Waals surface area (Å²) in [6, 6.07) is 4.10. The third-order valence-electron chi connectivity index (χ3n) is 2.36. The molecule has 0 bridgehead atoms. The summed E-state index contributed by atoms with van der Waals surface area (Å²) in [5.41, 5.74) is 2.26. The number of nitrogens with zero attached hydrogens (tertiary/aromatic N) is 1. The topological polar surface area (TPSA) is 33.1 Å². The Labute approximate surface area is 86.0 Å². The van der Waals surface area contributed by atoms with Crippen molar-refractivity contribution >= 4 is 0 Å². The van der Waals surface area contributed by atoms with Gasteiger partial charge in [0.2, 0.25) is 0 Å². The summed E-state index contributed by atoms with van der Waals surface area (Å²) in [5, 5.41) is 9.54. The van der Waals surface area contributed by atoms with Gasteiger partial charge in [0.05, 0.1) is 6.10 Å². The van der Waals surface area contributed by atoms with Crippen LogP contribution in [0.15, 0.2) is 18.3 Å². The van der Waals surface area contributed by atoms with Gasteiger partial charge < -0.3 is 5.11 Å². The molecule has 1 heterocycles. The average molecular weight is 193 g/mol. The Morgan fingerprint density at radius 2 is 2.14 bits per heavy atom. The minimum atomic E-state index is -0.152. The molecule has 0 saturated carbocycles. The Morgan fingerprint density at radius 3 is 2.71 bits per heavy atom. The Kier molecular flexibility index (Phi) is 4.60. The van der Waals surface area contributed by atoms with Crippen LogP contribution in [0, 0.1) is 6.92 Å². The Balaban J connectivity index is 2.34. The second-order valence-corrected chi connectivity index (χ2v) is 3.79. The van der Waals surface area contributed by atoms with Gasteiger partial charge >= 0.3 is 0 Å². The molecule has 0 spiro atoms. The SMILES string of the molecule is CCCC(O)CCc1ccc(C)nc1. The van der Waals surface area contributed by atoms with Crippen LogP contribution in [0.4, 0.5) is 0 Å². The molecule has 0 fully saturated rings. The van der Waals surface area contributed by atoms with Crippen molar-refractivity contribution in [3.05, 3.63) is 29.6 Å². The lowest BCUT2D eigenvalue weighted by molar-refractivity contribution is 0.154. The van der Waals surface area contributed by atoms with E-state index in [9.17, 15) is 5.11 Å². The van der Waals surface area contributed by atoms with Crippen LogP contribution >= 0.6 is 0 Å². The van der Waals surface area contributed by atoms with Crippen molar-refractivity contribution in [3.8, 4) is 0 Å². The van der Waals surface area contributed by atoms with Gasteiger partial charge in [0.1, 0.15) is 0 Å². The van der Waals surface area contributed by atoms with Crippen molar-refractivity contribution < 1.29 is 5.11 Å². The summed E-state index contributed by atoms with van der Waals surface area (Å²) in [6.45, 7) is 4.08. The number of aromatic nitrogens is 1. The molecule has 2 nitrogen and oxygen atoms in total. The van der Waals surface area contributed by atoms with Crippen molar-refractivity contribution in [3.63, 3.8) is 0 Å². The fourth-order valence-corrected chi connectivity index (χ4v) is 1.46. The van der Waals surface area contributed by atoms with Crippen LogP contribution in [0.5, 0.6) is 0 Å². The number of aliphatic hydroxyl groups is 1. The quantitative estimate of drug-likeness (QED) is 0.779. The largest absolute Gasteiger partial charge is 0.393 e. The summed E-state index contributed by atoms with van der Waals surface area (Å²) >= 11 is 0. The van der Waals surface area contributed by atoms with Crippen molar-refractivity contribution in [2.24, 2.45) is 0 Å². The predicted molar refractivity (Wildman–Crippen MR) is 58.2 cm³/mol. The van der Waals surface area contributed by atoms with Crippen LogP contribution in [0.25, 0.3) is 0 Å². The molecule has 0 aliphatic rings. The maximum Gasteiger partial charge on any atom is 0.0543 e. The van der Waals surface area contributed by atoms with E-state index < -0.39 is 0 Å². The van der Waals surface area contributed by atoms with E-state index in [4.69, 9.17) is 0 Å². The molecule has 1 N–H and O–H groups in total. The minimum absolute atomic E-state index is 0.152. The molecule has 0 saturated heterocycles. The third kappa shape index (κ3) is 3.88. The van der Waals surface area contributed by atoms with E-state index in [1.807, 2.05) is 19.2 Å². The van der Waals surface area contributed by atoms with Crippen LogP contribution in [-0.2, 0) is 6.42 Å². The minimum Gasteiger partial charge on any atom is -0.393 e. The molecule has 1 atom stereocenters. The normalized spacial score (nSPS) is 12.8. The van der Waals surface area contributed by atoms with Crippen LogP contribution in [0.3, 0.4) is 0 Å². The first kappa shape index (κ1) is 11.2. The van der Waals surface area contributed by atoms with E-state index in [2.05, 4.69) is 18.0 Å². The number of hydrogen-bond donors (Lipinski definition) is 1. The summed E-state index contributed by atoms with van der Waals surface area (Å²) in [5.74, 6) is 0. The zero-order valence-corrected chi connectivity index (χ0v) is 9.03. The van der Waals surface area contributed by atoms with E-state index in [1.54, 1.807) is 0 Å². The Bertz CT molecular complexity index is 256. The molecule has 0 amide bonds. The van der Waals surface area contributed by atoms with Gasteiger partial charge in [0.25, 0.3) is 0 Å². The van der Waals surface area contributed by atoms with Gasteiger partial charge in [-0.15, -0.1) is 0 Å². The van der Waals surface area contributed by atoms with Gasteiger partial charge in [-0.2, -0.15) is 0 Å². The Hall–Kier alpha value is -0.890. The highest BCUT2D eigenvalue weighted by molar-refractivity contribution is 5.13. The molecule has 1 unspecified atom stereocenters. The molecule has 0 radical (unpaired) electrons. The van der Waals surface area contributed by atoms with Gasteiger partial charge in [-0.3, -0.25) is 4.98 Å². The second kappa shape index (κ2) is 5.76. The van der Waals surface area contributed by atoms with Gasteiger partial charge in [0, 0.05) is 11.9 Å². The lowest BCUT2D eigenvalue weighted by Crippen LogP contribution is -2.07. The average Bonchev–Trinajstić information content (AvgIpc) is 2.17. The van der Waals surface area contributed by atoms with E-state index >= 15 is 0 Å². The molecule has 78 valence electrons. The third-order valence-corrected chi connectivity index (χ3v) is 2.36. The first-order valence-corrected chi connectivity index (χ1v) is 5.32. The smallest absolute Gasteiger partial charge is 0.0543 e. The fraction of sp³-hybridized carbons (Fsp3) is 0.583. The lowest BCUT2D eigenvalue weighted by atomic mass is 10.1. The van der Waals surface area contributed by atoms with Gasteiger partial charge in [-0.25, -0.2) is 0 Å². The van der Waals surface area contributed by atoms with Crippen LogP contribution < -0.4 is 0 Å². The number of pyridine rings is 1. The van der Waals surface area contributed by atoms with E-state index in [0.29, 0.717) is 0 Å². The molecule has 0 aromatic carbocycles. The van der Waals surface area contributed by atoms with E-state index in [1.165, 1.54) is 5.56 Å². The maximum atomic E-state index is 9.54. The Morgan fingerprint density at radius 1 is 1.36 bits per heavy atom. The maximum absolute atomic E-state index is 9.54. The highest BCUT2D eigenvalue weighted by Gasteiger charge is 2.02. The fourth-order valence-electron chi connectivity index (χ4n) is 1.46. The van der Waals surface area contributed by atoms with Crippen molar-refractivity contribution in [1.29, 1.82) is 0 Å². The lowest BCUT2D eigenvalue weighted by Gasteiger charge is -2.08. The summed E-state index contributed by atoms with van der Waals surface area (Å²) < 4.78 is 0. The summed E-state index contributed by atoms with van der Waals surface area (Å²) in [4.78, 5) is 4.22. The highest BCUT2D eigenvalue weighted by Crippen LogP contribution is 2.08. The van der Waals surface area contributed by atoms with E-state index in [-0.39, 0.29) is 6.10 Å². The number of aryl methyl sites for hydroxylation is 2. The molecule has 1 aromatic heterocycles. The van der Waals surface area contributed by atoms with Gasteiger partial charge in [0.15, 0.2) is 0 Å². The van der Waals surface area contributed by atoms with E-state index in [0.717, 1.165) is 31.4 Å². The molecule has 1 aromatic rings. The first-order valence-electron chi connectivity index (χ1n) is 5.32. The highest BCUT2D eigenvalue weighted by atomic mass is 16.3. The van der Waals surface area contributed by atoms with Crippen LogP contribution in [0.2, 0.25) is 0 Å². The van der Waals surface area contributed by atoms with Crippen molar-refractivity contribution in [2.75, 3.05) is 0 Å². The monoisotopic (exact) mass is 193 g/mol. The molecular formula is C12H19NO. The van der Waals surface area contributed by atoms with Crippen molar-refractivity contribution in [2.45, 2.75) is 45.6 Å². The molecule has 2 heteroatoms. The second-order valence-electron chi connectivity index (χ2n) is 3.79. The van der Waals surface area contributed by atoms with Crippen LogP contribution in [-0.4, -0.2) is 16.2 Å². The molecule has 0 aliphatic carbocycles. The molecule has 14 heavy (non-hydrogen) atoms. The number of rotatable bonds is 5. The zero-order chi connectivity index (χ0) is 10.4. The first-order chi connectivity index (χ1) is 6.72. The van der Waals surface area contributed by atoms with Gasteiger partial charge in [-0.1, -0.05) is 19.4 Å². The number of hydrogen-bond acceptors (Lipinski definition) is 2. The zero-order valence-electron chi connectivity index (χ0n) is 9.03. The molecular weight excluding hydrogens is 174 g/mol.